The van der Waals surface area contributed by atoms with Gasteiger partial charge in [-0.05, 0) is 24.8 Å². The Bertz CT molecular complexity index is 328. The zero-order chi connectivity index (χ0) is 9.42. The Kier molecular flexibility index (Phi) is 3.34. The zero-order valence-corrected chi connectivity index (χ0v) is 8.43. The second-order valence-electron chi connectivity index (χ2n) is 3.54. The number of rotatable bonds is 2. The molecule has 3 N–H and O–H groups in total. The van der Waals surface area contributed by atoms with Gasteiger partial charge < -0.3 is 10.8 Å². The molecule has 0 amide bonds. The lowest BCUT2D eigenvalue weighted by molar-refractivity contribution is 0.417. The third-order valence-corrected chi connectivity index (χ3v) is 2.51. The second-order valence-corrected chi connectivity index (χ2v) is 3.54. The summed E-state index contributed by atoms with van der Waals surface area (Å²) in [5, 5.41) is 9.39. The predicted molar refractivity (Wildman–Crippen MR) is 55.0 cm³/mol. The van der Waals surface area contributed by atoms with Crippen LogP contribution < -0.4 is 5.73 Å². The van der Waals surface area contributed by atoms with E-state index in [0.717, 1.165) is 12.8 Å². The van der Waals surface area contributed by atoms with Gasteiger partial charge in [-0.3, -0.25) is 0 Å². The summed E-state index contributed by atoms with van der Waals surface area (Å²) in [4.78, 5) is 0. The van der Waals surface area contributed by atoms with Crippen molar-refractivity contribution in [3.8, 4) is 5.75 Å². The number of para-hydroxylation sites is 1. The molecule has 0 bridgehead atoms. The molecule has 0 aromatic heterocycles. The maximum absolute atomic E-state index is 12.9. The number of hydrogen-bond acceptors (Lipinski definition) is 2. The lowest BCUT2D eigenvalue weighted by Gasteiger charge is -2.12. The van der Waals surface area contributed by atoms with E-state index >= 15 is 0 Å². The van der Waals surface area contributed by atoms with Gasteiger partial charge in [-0.2, -0.15) is 0 Å². The van der Waals surface area contributed by atoms with E-state index in [4.69, 9.17) is 5.73 Å². The van der Waals surface area contributed by atoms with Crippen molar-refractivity contribution in [3.63, 3.8) is 0 Å². The van der Waals surface area contributed by atoms with Crippen molar-refractivity contribution in [2.75, 3.05) is 0 Å². The SMILES string of the molecule is Cl.N[C@@H](c1cccc(F)c1O)C1CC1. The van der Waals surface area contributed by atoms with Crippen molar-refractivity contribution < 1.29 is 9.50 Å². The van der Waals surface area contributed by atoms with Crippen LogP contribution in [0.15, 0.2) is 18.2 Å². The van der Waals surface area contributed by atoms with Crippen LogP contribution in [0.3, 0.4) is 0 Å². The second kappa shape index (κ2) is 4.15. The Balaban J connectivity index is 0.000000980. The molecule has 78 valence electrons. The molecule has 0 radical (unpaired) electrons. The smallest absolute Gasteiger partial charge is 0.165 e. The molecule has 1 aromatic carbocycles. The van der Waals surface area contributed by atoms with Crippen molar-refractivity contribution in [2.24, 2.45) is 11.7 Å². The number of benzene rings is 1. The van der Waals surface area contributed by atoms with E-state index in [2.05, 4.69) is 0 Å². The number of aromatic hydroxyl groups is 1. The van der Waals surface area contributed by atoms with Gasteiger partial charge in [0.2, 0.25) is 0 Å². The molecule has 1 aliphatic rings. The molecule has 0 saturated heterocycles. The molecule has 1 saturated carbocycles. The first-order valence-corrected chi connectivity index (χ1v) is 4.43. The summed E-state index contributed by atoms with van der Waals surface area (Å²) in [6, 6.07) is 4.28. The first-order valence-electron chi connectivity index (χ1n) is 4.43. The Labute approximate surface area is 88.3 Å². The van der Waals surface area contributed by atoms with Crippen LogP contribution >= 0.6 is 12.4 Å². The highest BCUT2D eigenvalue weighted by molar-refractivity contribution is 5.85. The molecule has 14 heavy (non-hydrogen) atoms. The van der Waals surface area contributed by atoms with Crippen LogP contribution in [0.2, 0.25) is 0 Å². The van der Waals surface area contributed by atoms with Crippen LogP contribution in [0.5, 0.6) is 5.75 Å². The molecule has 0 spiro atoms. The molecule has 1 atom stereocenters. The molecule has 0 heterocycles. The summed E-state index contributed by atoms with van der Waals surface area (Å²) >= 11 is 0. The number of phenols is 1. The molecule has 4 heteroatoms. The Morgan fingerprint density at radius 2 is 2.07 bits per heavy atom. The average molecular weight is 218 g/mol. The fourth-order valence-electron chi connectivity index (χ4n) is 1.51. The van der Waals surface area contributed by atoms with Gasteiger partial charge in [-0.1, -0.05) is 12.1 Å². The molecule has 1 fully saturated rings. The lowest BCUT2D eigenvalue weighted by atomic mass is 10.0. The minimum absolute atomic E-state index is 0. The summed E-state index contributed by atoms with van der Waals surface area (Å²) in [6.07, 6.45) is 2.16. The lowest BCUT2D eigenvalue weighted by Crippen LogP contribution is -2.12. The van der Waals surface area contributed by atoms with Crippen LogP contribution in [0.4, 0.5) is 4.39 Å². The Morgan fingerprint density at radius 3 is 2.64 bits per heavy atom. The fraction of sp³-hybridized carbons (Fsp3) is 0.400. The minimum atomic E-state index is -0.589. The number of halogens is 2. The summed E-state index contributed by atoms with van der Waals surface area (Å²) in [5.41, 5.74) is 6.37. The molecule has 1 aromatic rings. The van der Waals surface area contributed by atoms with Crippen LogP contribution in [0.25, 0.3) is 0 Å². The number of hydrogen-bond donors (Lipinski definition) is 2. The maximum atomic E-state index is 12.9. The Hall–Kier alpha value is -0.800. The summed E-state index contributed by atoms with van der Waals surface area (Å²) in [6.45, 7) is 0. The van der Waals surface area contributed by atoms with E-state index in [0.29, 0.717) is 11.5 Å². The molecular formula is C10H13ClFNO. The Morgan fingerprint density at radius 1 is 1.43 bits per heavy atom. The zero-order valence-electron chi connectivity index (χ0n) is 7.61. The van der Waals surface area contributed by atoms with Gasteiger partial charge in [0.1, 0.15) is 0 Å². The number of nitrogens with two attached hydrogens (primary N) is 1. The van der Waals surface area contributed by atoms with Gasteiger partial charge >= 0.3 is 0 Å². The van der Waals surface area contributed by atoms with E-state index in [-0.39, 0.29) is 24.2 Å². The van der Waals surface area contributed by atoms with E-state index in [1.165, 1.54) is 6.07 Å². The standard InChI is InChI=1S/C10H12FNO.ClH/c11-8-3-1-2-7(10(8)13)9(12)6-4-5-6;/h1-3,6,9,13H,4-5,12H2;1H/t9-;/m1./s1. The molecule has 0 aliphatic heterocycles. The van der Waals surface area contributed by atoms with Gasteiger partial charge in [-0.15, -0.1) is 12.4 Å². The van der Waals surface area contributed by atoms with E-state index < -0.39 is 5.82 Å². The van der Waals surface area contributed by atoms with Crippen molar-refractivity contribution in [1.29, 1.82) is 0 Å². The van der Waals surface area contributed by atoms with E-state index in [9.17, 15) is 9.50 Å². The predicted octanol–water partition coefficient (Wildman–Crippen LogP) is 2.36. The van der Waals surface area contributed by atoms with Gasteiger partial charge in [-0.25, -0.2) is 4.39 Å². The molecule has 1 aliphatic carbocycles. The van der Waals surface area contributed by atoms with Gasteiger partial charge in [0.15, 0.2) is 11.6 Å². The van der Waals surface area contributed by atoms with Crippen LogP contribution in [0.1, 0.15) is 24.4 Å². The molecular weight excluding hydrogens is 205 g/mol. The van der Waals surface area contributed by atoms with Crippen LogP contribution in [0, 0.1) is 11.7 Å². The minimum Gasteiger partial charge on any atom is -0.505 e. The monoisotopic (exact) mass is 217 g/mol. The van der Waals surface area contributed by atoms with E-state index in [1.807, 2.05) is 0 Å². The largest absolute Gasteiger partial charge is 0.505 e. The molecule has 0 unspecified atom stereocenters. The van der Waals surface area contributed by atoms with Crippen LogP contribution in [-0.2, 0) is 0 Å². The summed E-state index contributed by atoms with van der Waals surface area (Å²) < 4.78 is 12.9. The summed E-state index contributed by atoms with van der Waals surface area (Å²) in [7, 11) is 0. The van der Waals surface area contributed by atoms with Gasteiger partial charge in [0.05, 0.1) is 0 Å². The molecule has 2 rings (SSSR count). The normalized spacial score (nSPS) is 17.3. The fourth-order valence-corrected chi connectivity index (χ4v) is 1.51. The number of phenolic OH excluding ortho intramolecular Hbond substituents is 1. The van der Waals surface area contributed by atoms with Crippen molar-refractivity contribution in [3.05, 3.63) is 29.6 Å². The van der Waals surface area contributed by atoms with Gasteiger partial charge in [0.25, 0.3) is 0 Å². The third-order valence-electron chi connectivity index (χ3n) is 2.51. The highest BCUT2D eigenvalue weighted by atomic mass is 35.5. The van der Waals surface area contributed by atoms with Crippen molar-refractivity contribution in [1.82, 2.24) is 0 Å². The van der Waals surface area contributed by atoms with Crippen LogP contribution in [-0.4, -0.2) is 5.11 Å². The first-order chi connectivity index (χ1) is 6.20. The highest BCUT2D eigenvalue weighted by Gasteiger charge is 2.31. The topological polar surface area (TPSA) is 46.2 Å². The van der Waals surface area contributed by atoms with Crippen molar-refractivity contribution >= 4 is 12.4 Å². The first kappa shape index (κ1) is 11.3. The average Bonchev–Trinajstić information content (AvgIpc) is 2.91. The third kappa shape index (κ3) is 1.99. The van der Waals surface area contributed by atoms with E-state index in [1.54, 1.807) is 12.1 Å². The van der Waals surface area contributed by atoms with Crippen molar-refractivity contribution in [2.45, 2.75) is 18.9 Å². The molecule has 2 nitrogen and oxygen atoms in total. The highest BCUT2D eigenvalue weighted by Crippen LogP contribution is 2.42. The maximum Gasteiger partial charge on any atom is 0.165 e. The summed E-state index contributed by atoms with van der Waals surface area (Å²) in [5.74, 6) is -0.455. The quantitative estimate of drug-likeness (QED) is 0.799. The van der Waals surface area contributed by atoms with Gasteiger partial charge in [0, 0.05) is 11.6 Å².